The summed E-state index contributed by atoms with van der Waals surface area (Å²) in [6, 6.07) is 0. The van der Waals surface area contributed by atoms with Crippen LogP contribution in [0.5, 0.6) is 0 Å². The van der Waals surface area contributed by atoms with Gasteiger partial charge >= 0.3 is 5.97 Å². The number of hydrogen-bond donors (Lipinski definition) is 1. The van der Waals surface area contributed by atoms with Gasteiger partial charge in [0.05, 0.1) is 0 Å². The zero-order chi connectivity index (χ0) is 6.57. The van der Waals surface area contributed by atoms with Gasteiger partial charge in [-0.1, -0.05) is 0 Å². The van der Waals surface area contributed by atoms with Crippen LogP contribution >= 0.6 is 0 Å². The Morgan fingerprint density at radius 1 is 1.88 bits per heavy atom. The van der Waals surface area contributed by atoms with Crippen molar-refractivity contribution in [2.45, 2.75) is 6.92 Å². The number of carboxylic acid groups (broad SMARTS) is 1. The topological polar surface area (TPSA) is 40.3 Å². The van der Waals surface area contributed by atoms with E-state index in [9.17, 15) is 4.79 Å². The monoisotopic (exact) mass is 116 g/mol. The molecule has 0 saturated heterocycles. The molecule has 0 aromatic rings. The van der Waals surface area contributed by atoms with Gasteiger partial charge in [-0.05, 0) is 0 Å². The van der Waals surface area contributed by atoms with Crippen LogP contribution < -0.4 is 0 Å². The Bertz CT molecular complexity index is 118. The van der Waals surface area contributed by atoms with Crippen molar-refractivity contribution in [1.29, 1.82) is 0 Å². The summed E-state index contributed by atoms with van der Waals surface area (Å²) in [5.41, 5.74) is 0. The quantitative estimate of drug-likeness (QED) is 0.401. The third-order valence-corrected chi connectivity index (χ3v) is 0.825. The molecular weight excluding hydrogens is 106 g/mol. The van der Waals surface area contributed by atoms with Gasteiger partial charge in [0.1, 0.15) is 13.3 Å². The van der Waals surface area contributed by atoms with E-state index in [1.54, 1.807) is 24.8 Å². The Kier molecular flexibility index (Phi) is 2.84. The molecule has 0 aromatic carbocycles. The highest BCUT2D eigenvalue weighted by Crippen LogP contribution is 1.65. The minimum atomic E-state index is -0.800. The largest absolute Gasteiger partial charge is 0.477 e. The number of aliphatic carboxylic acids is 1. The molecule has 0 aliphatic heterocycles. The van der Waals surface area contributed by atoms with Crippen LogP contribution in [0, 0.1) is 0 Å². The van der Waals surface area contributed by atoms with Gasteiger partial charge in [-0.15, -0.1) is 0 Å². The number of nitrogens with zero attached hydrogens (tertiary/aromatic N) is 1. The van der Waals surface area contributed by atoms with Crippen LogP contribution in [0.25, 0.3) is 0 Å². The van der Waals surface area contributed by atoms with E-state index in [1.165, 1.54) is 0 Å². The maximum atomic E-state index is 9.91. The second-order valence-corrected chi connectivity index (χ2v) is 1.57. The molecule has 0 radical (unpaired) electrons. The first-order valence-electron chi connectivity index (χ1n) is 2.38. The molecule has 8 heavy (non-hydrogen) atoms. The molecule has 0 fully saturated rings. The predicted molar refractivity (Wildman–Crippen MR) is 30.4 cm³/mol. The number of hydrogen-bond acceptors (Lipinski definition) is 1. The average Bonchev–Trinajstić information content (AvgIpc) is 1.65. The number of carbonyl (C=O) groups is 1. The summed E-state index contributed by atoms with van der Waals surface area (Å²) < 4.78 is 1.60. The second kappa shape index (κ2) is 3.18. The summed E-state index contributed by atoms with van der Waals surface area (Å²) in [5, 5.41) is 8.15. The minimum Gasteiger partial charge on any atom is -0.477 e. The van der Waals surface area contributed by atoms with Crippen LogP contribution in [-0.4, -0.2) is 35.5 Å². The summed E-state index contributed by atoms with van der Waals surface area (Å²) in [6.07, 6.45) is 1.72. The van der Waals surface area contributed by atoms with Gasteiger partial charge in [-0.2, -0.15) is 0 Å². The van der Waals surface area contributed by atoms with Crippen LogP contribution in [-0.2, 0) is 4.79 Å². The highest BCUT2D eigenvalue weighted by Gasteiger charge is 2.00. The first-order chi connectivity index (χ1) is 3.66. The van der Waals surface area contributed by atoms with E-state index >= 15 is 0 Å². The Morgan fingerprint density at radius 3 is 2.50 bits per heavy atom. The van der Waals surface area contributed by atoms with E-state index in [2.05, 4.69) is 0 Å². The van der Waals surface area contributed by atoms with Crippen molar-refractivity contribution in [2.24, 2.45) is 0 Å². The molecule has 0 aliphatic rings. The predicted octanol–water partition coefficient (Wildman–Crippen LogP) is -0.196. The van der Waals surface area contributed by atoms with Gasteiger partial charge < -0.3 is 5.11 Å². The highest BCUT2D eigenvalue weighted by atomic mass is 16.4. The lowest BCUT2D eigenvalue weighted by atomic mass is 10.6. The first kappa shape index (κ1) is 7.14. The zero-order valence-corrected chi connectivity index (χ0v) is 5.09. The molecule has 0 amide bonds. The number of carboxylic acids is 1. The Morgan fingerprint density at radius 2 is 2.38 bits per heavy atom. The van der Waals surface area contributed by atoms with E-state index in [4.69, 9.17) is 5.11 Å². The summed E-state index contributed by atoms with van der Waals surface area (Å²) >= 11 is 0. The van der Waals surface area contributed by atoms with Gasteiger partial charge in [0.15, 0.2) is 0 Å². The summed E-state index contributed by atoms with van der Waals surface area (Å²) in [6.45, 7) is 1.87. The molecule has 0 rings (SSSR count). The molecule has 46 valence electrons. The molecule has 0 aromatic heterocycles. The van der Waals surface area contributed by atoms with Crippen LogP contribution in [0.2, 0.25) is 0 Å². The molecule has 0 atom stereocenters. The Balaban J connectivity index is 3.56. The lowest BCUT2D eigenvalue weighted by molar-refractivity contribution is -0.483. The molecule has 0 spiro atoms. The van der Waals surface area contributed by atoms with Gasteiger partial charge in [0.2, 0.25) is 6.54 Å². The molecule has 0 saturated carbocycles. The van der Waals surface area contributed by atoms with Crippen molar-refractivity contribution < 1.29 is 14.5 Å². The molecular formula is C5H10NO2+. The molecule has 3 heteroatoms. The maximum absolute atomic E-state index is 9.91. The molecule has 0 heterocycles. The fourth-order valence-corrected chi connectivity index (χ4v) is 0.305. The van der Waals surface area contributed by atoms with E-state index in [0.717, 1.165) is 0 Å². The van der Waals surface area contributed by atoms with Gasteiger partial charge in [0.25, 0.3) is 0 Å². The van der Waals surface area contributed by atoms with Crippen molar-refractivity contribution in [1.82, 2.24) is 0 Å². The molecule has 0 unspecified atom stereocenters. The van der Waals surface area contributed by atoms with Crippen molar-refractivity contribution in [3.63, 3.8) is 0 Å². The SMILES string of the molecule is CC=[N+](C)CC(=O)O. The van der Waals surface area contributed by atoms with E-state index in [1.807, 2.05) is 0 Å². The third kappa shape index (κ3) is 3.33. The number of rotatable bonds is 2. The second-order valence-electron chi connectivity index (χ2n) is 1.57. The molecule has 0 aliphatic carbocycles. The lowest BCUT2D eigenvalue weighted by Crippen LogP contribution is -2.16. The highest BCUT2D eigenvalue weighted by molar-refractivity contribution is 5.68. The average molecular weight is 116 g/mol. The minimum absolute atomic E-state index is 0.0799. The van der Waals surface area contributed by atoms with Gasteiger partial charge in [-0.3, -0.25) is 0 Å². The molecule has 0 bridgehead atoms. The maximum Gasteiger partial charge on any atom is 0.369 e. The Hall–Kier alpha value is -0.860. The zero-order valence-electron chi connectivity index (χ0n) is 5.09. The lowest BCUT2D eigenvalue weighted by Gasteiger charge is -1.86. The first-order valence-corrected chi connectivity index (χ1v) is 2.38. The fraction of sp³-hybridized carbons (Fsp3) is 0.600. The van der Waals surface area contributed by atoms with Crippen LogP contribution in [0.15, 0.2) is 0 Å². The standard InChI is InChI=1S/C5H9NO2/c1-3-6(2)4-5(7)8/h3H,4H2,1-2H3/p+1. The number of likely N-dealkylation sites (N-methyl/N-ethyl adjacent to an activating group) is 1. The Labute approximate surface area is 48.3 Å². The van der Waals surface area contributed by atoms with E-state index in [-0.39, 0.29) is 6.54 Å². The van der Waals surface area contributed by atoms with Crippen LogP contribution in [0.1, 0.15) is 6.92 Å². The van der Waals surface area contributed by atoms with Gasteiger partial charge in [0, 0.05) is 6.92 Å². The van der Waals surface area contributed by atoms with E-state index in [0.29, 0.717) is 0 Å². The van der Waals surface area contributed by atoms with Crippen molar-refractivity contribution in [2.75, 3.05) is 13.6 Å². The molecule has 3 nitrogen and oxygen atoms in total. The van der Waals surface area contributed by atoms with Crippen molar-refractivity contribution in [3.05, 3.63) is 0 Å². The molecule has 1 N–H and O–H groups in total. The normalized spacial score (nSPS) is 11.5. The smallest absolute Gasteiger partial charge is 0.369 e. The fourth-order valence-electron chi connectivity index (χ4n) is 0.305. The van der Waals surface area contributed by atoms with Crippen molar-refractivity contribution >= 4 is 12.2 Å². The van der Waals surface area contributed by atoms with Gasteiger partial charge in [-0.25, -0.2) is 9.37 Å². The summed E-state index contributed by atoms with van der Waals surface area (Å²) in [7, 11) is 1.72. The summed E-state index contributed by atoms with van der Waals surface area (Å²) in [5.74, 6) is -0.800. The van der Waals surface area contributed by atoms with Crippen LogP contribution in [0.4, 0.5) is 0 Å². The van der Waals surface area contributed by atoms with Crippen molar-refractivity contribution in [3.8, 4) is 0 Å². The van der Waals surface area contributed by atoms with Crippen LogP contribution in [0.3, 0.4) is 0 Å². The van der Waals surface area contributed by atoms with E-state index < -0.39 is 5.97 Å². The summed E-state index contributed by atoms with van der Waals surface area (Å²) in [4.78, 5) is 9.91. The third-order valence-electron chi connectivity index (χ3n) is 0.825.